The maximum Gasteiger partial charge on any atom is 0.240 e. The van der Waals surface area contributed by atoms with Gasteiger partial charge in [0.15, 0.2) is 0 Å². The third-order valence-electron chi connectivity index (χ3n) is 7.06. The molecule has 0 spiro atoms. The van der Waals surface area contributed by atoms with Crippen LogP contribution in [-0.4, -0.2) is 47.0 Å². The third-order valence-corrected chi connectivity index (χ3v) is 8.32. The Labute approximate surface area is 228 Å². The van der Waals surface area contributed by atoms with Crippen molar-refractivity contribution >= 4 is 29.4 Å². The molecule has 0 saturated heterocycles. The molecule has 5 rings (SSSR count). The van der Waals surface area contributed by atoms with E-state index in [1.807, 2.05) is 35.0 Å². The van der Waals surface area contributed by atoms with Crippen LogP contribution in [0.5, 0.6) is 5.75 Å². The van der Waals surface area contributed by atoms with E-state index >= 15 is 0 Å². The second-order valence-corrected chi connectivity index (χ2v) is 12.1. The first-order valence-corrected chi connectivity index (χ1v) is 14.3. The van der Waals surface area contributed by atoms with Crippen LogP contribution in [0.25, 0.3) is 5.69 Å². The third kappa shape index (κ3) is 5.19. The Balaban J connectivity index is 1.75. The van der Waals surface area contributed by atoms with Crippen molar-refractivity contribution in [2.24, 2.45) is 0 Å². The van der Waals surface area contributed by atoms with Gasteiger partial charge in [-0.1, -0.05) is 58.0 Å². The number of nitrogens with one attached hydrogen (secondary N) is 1. The van der Waals surface area contributed by atoms with Gasteiger partial charge in [-0.05, 0) is 48.6 Å². The average Bonchev–Trinajstić information content (AvgIpc) is 3.65. The summed E-state index contributed by atoms with van der Waals surface area (Å²) in [6.07, 6.45) is 2.81. The molecule has 1 N–H and O–H groups in total. The smallest absolute Gasteiger partial charge is 0.240 e. The molecule has 1 atom stereocenters. The van der Waals surface area contributed by atoms with Crippen molar-refractivity contribution < 1.29 is 14.3 Å². The number of anilines is 1. The number of aromatic nitrogens is 2. The van der Waals surface area contributed by atoms with E-state index in [0.717, 1.165) is 53.1 Å². The summed E-state index contributed by atoms with van der Waals surface area (Å²) in [5.41, 5.74) is 4.76. The van der Waals surface area contributed by atoms with Crippen LogP contribution in [0, 0.1) is 0 Å². The van der Waals surface area contributed by atoms with E-state index in [-0.39, 0.29) is 40.8 Å². The van der Waals surface area contributed by atoms with Crippen LogP contribution < -0.4 is 15.0 Å². The maximum atomic E-state index is 13.8. The van der Waals surface area contributed by atoms with Gasteiger partial charge in [-0.15, -0.1) is 11.8 Å². The fourth-order valence-corrected chi connectivity index (χ4v) is 6.14. The van der Waals surface area contributed by atoms with Crippen LogP contribution in [0.3, 0.4) is 0 Å². The van der Waals surface area contributed by atoms with Crippen LogP contribution >= 0.6 is 11.8 Å². The summed E-state index contributed by atoms with van der Waals surface area (Å²) in [7, 11) is 1.66. The summed E-state index contributed by atoms with van der Waals surface area (Å²) in [5, 5.41) is 8.14. The Bertz CT molecular complexity index is 1340. The standard InChI is InChI=1S/C30H36N4O3S/c1-6-19-9-7-8-10-23(19)34-29-26(28(32-34)30(2,3)4)27(20-11-15-22(37-5)16-12-20)38-18-25(36)33(29)17-24(35)31-21-13-14-21/h7-12,15-16,21,27H,6,13-14,17-18H2,1-5H3,(H,31,35). The number of benzene rings is 2. The van der Waals surface area contributed by atoms with E-state index in [2.05, 4.69) is 51.2 Å². The molecule has 1 aromatic heterocycles. The second-order valence-electron chi connectivity index (χ2n) is 11.0. The van der Waals surface area contributed by atoms with Gasteiger partial charge >= 0.3 is 0 Å². The molecule has 200 valence electrons. The van der Waals surface area contributed by atoms with Crippen LogP contribution in [0.2, 0.25) is 0 Å². The van der Waals surface area contributed by atoms with Gasteiger partial charge in [0.2, 0.25) is 11.8 Å². The molecule has 38 heavy (non-hydrogen) atoms. The van der Waals surface area contributed by atoms with E-state index in [1.165, 1.54) is 0 Å². The molecule has 2 aromatic carbocycles. The van der Waals surface area contributed by atoms with Gasteiger partial charge in [-0.25, -0.2) is 4.68 Å². The zero-order chi connectivity index (χ0) is 27.0. The number of carbonyl (C=O) groups excluding carboxylic acids is 2. The minimum Gasteiger partial charge on any atom is -0.497 e. The van der Waals surface area contributed by atoms with Crippen molar-refractivity contribution in [2.45, 2.75) is 63.7 Å². The molecule has 2 aliphatic rings. The first-order chi connectivity index (χ1) is 18.2. The molecule has 8 heteroatoms. The molecule has 2 amide bonds. The summed E-state index contributed by atoms with van der Waals surface area (Å²) >= 11 is 1.59. The number of nitrogens with zero attached hydrogens (tertiary/aromatic N) is 3. The first-order valence-electron chi connectivity index (χ1n) is 13.3. The molecule has 0 radical (unpaired) electrons. The predicted octanol–water partition coefficient (Wildman–Crippen LogP) is 5.19. The number of amides is 2. The minimum absolute atomic E-state index is 0.0260. The molecule has 1 unspecified atom stereocenters. The number of rotatable bonds is 7. The lowest BCUT2D eigenvalue weighted by atomic mass is 9.87. The van der Waals surface area contributed by atoms with Crippen LogP contribution in [0.15, 0.2) is 48.5 Å². The Hall–Kier alpha value is -3.26. The highest BCUT2D eigenvalue weighted by molar-refractivity contribution is 8.00. The van der Waals surface area contributed by atoms with E-state index in [1.54, 1.807) is 23.8 Å². The van der Waals surface area contributed by atoms with Crippen LogP contribution in [-0.2, 0) is 21.4 Å². The van der Waals surface area contributed by atoms with Crippen molar-refractivity contribution in [1.29, 1.82) is 0 Å². The second kappa shape index (κ2) is 10.5. The molecule has 3 aromatic rings. The summed E-state index contributed by atoms with van der Waals surface area (Å²) in [6.45, 7) is 8.55. The fourth-order valence-electron chi connectivity index (χ4n) is 4.94. The van der Waals surface area contributed by atoms with Crippen molar-refractivity contribution in [3.8, 4) is 11.4 Å². The lowest BCUT2D eigenvalue weighted by molar-refractivity contribution is -0.123. The van der Waals surface area contributed by atoms with Crippen molar-refractivity contribution in [1.82, 2.24) is 15.1 Å². The highest BCUT2D eigenvalue weighted by Gasteiger charge is 2.40. The normalized spacial score (nSPS) is 17.7. The molecule has 1 aliphatic carbocycles. The van der Waals surface area contributed by atoms with Crippen molar-refractivity contribution in [3.05, 3.63) is 70.9 Å². The lowest BCUT2D eigenvalue weighted by Crippen LogP contribution is -2.43. The van der Waals surface area contributed by atoms with Crippen molar-refractivity contribution in [3.63, 3.8) is 0 Å². The molecular weight excluding hydrogens is 496 g/mol. The largest absolute Gasteiger partial charge is 0.497 e. The van der Waals surface area contributed by atoms with E-state index < -0.39 is 0 Å². The topological polar surface area (TPSA) is 76.5 Å². The Morgan fingerprint density at radius 1 is 1.13 bits per heavy atom. The van der Waals surface area contributed by atoms with Gasteiger partial charge in [-0.2, -0.15) is 5.10 Å². The molecule has 2 heterocycles. The zero-order valence-electron chi connectivity index (χ0n) is 22.8. The van der Waals surface area contributed by atoms with Gasteiger partial charge in [0.25, 0.3) is 0 Å². The minimum atomic E-state index is -0.295. The van der Waals surface area contributed by atoms with E-state index in [0.29, 0.717) is 5.82 Å². The zero-order valence-corrected chi connectivity index (χ0v) is 23.6. The summed E-state index contributed by atoms with van der Waals surface area (Å²) in [4.78, 5) is 28.5. The lowest BCUT2D eigenvalue weighted by Gasteiger charge is -2.25. The average molecular weight is 533 g/mol. The number of hydrogen-bond donors (Lipinski definition) is 1. The Morgan fingerprint density at radius 3 is 2.47 bits per heavy atom. The number of ether oxygens (including phenoxy) is 1. The van der Waals surface area contributed by atoms with Gasteiger partial charge < -0.3 is 10.1 Å². The van der Waals surface area contributed by atoms with E-state index in [4.69, 9.17) is 9.84 Å². The highest BCUT2D eigenvalue weighted by atomic mass is 32.2. The van der Waals surface area contributed by atoms with Gasteiger partial charge in [-0.3, -0.25) is 14.5 Å². The SMILES string of the molecule is CCc1ccccc1-n1nc(C(C)(C)C)c2c1N(CC(=O)NC1CC1)C(=O)CSC2c1ccc(OC)cc1. The highest BCUT2D eigenvalue weighted by Crippen LogP contribution is 2.48. The number of para-hydroxylation sites is 1. The number of methoxy groups -OCH3 is 1. The van der Waals surface area contributed by atoms with E-state index in [9.17, 15) is 9.59 Å². The summed E-state index contributed by atoms with van der Waals surface area (Å²) in [5.74, 6) is 1.52. The van der Waals surface area contributed by atoms with Crippen LogP contribution in [0.1, 0.15) is 68.2 Å². The number of fused-ring (bicyclic) bond motifs is 1. The molecule has 7 nitrogen and oxygen atoms in total. The van der Waals surface area contributed by atoms with Crippen molar-refractivity contribution in [2.75, 3.05) is 24.3 Å². The monoisotopic (exact) mass is 532 g/mol. The molecule has 1 saturated carbocycles. The maximum absolute atomic E-state index is 13.8. The Kier molecular flexibility index (Phi) is 7.27. The molecular formula is C30H36N4O3S. The molecule has 1 aliphatic heterocycles. The first kappa shape index (κ1) is 26.4. The summed E-state index contributed by atoms with van der Waals surface area (Å²) in [6, 6.07) is 16.4. The molecule has 1 fully saturated rings. The quantitative estimate of drug-likeness (QED) is 0.453. The fraction of sp³-hybridized carbons (Fsp3) is 0.433. The molecule has 0 bridgehead atoms. The van der Waals surface area contributed by atoms with Gasteiger partial charge in [0.1, 0.15) is 18.1 Å². The number of thioether (sulfide) groups is 1. The number of hydrogen-bond acceptors (Lipinski definition) is 5. The van der Waals surface area contributed by atoms with Crippen LogP contribution in [0.4, 0.5) is 5.82 Å². The number of carbonyl (C=O) groups is 2. The Morgan fingerprint density at radius 2 is 1.84 bits per heavy atom. The predicted molar refractivity (Wildman–Crippen MR) is 152 cm³/mol. The summed E-state index contributed by atoms with van der Waals surface area (Å²) < 4.78 is 7.32. The number of aryl methyl sites for hydroxylation is 1. The van der Waals surface area contributed by atoms with Gasteiger partial charge in [0, 0.05) is 17.0 Å². The van der Waals surface area contributed by atoms with Gasteiger partial charge in [0.05, 0.1) is 29.5 Å².